The molecule has 0 aromatic rings. The van der Waals surface area contributed by atoms with E-state index >= 15 is 0 Å². The molecule has 2 N–H and O–H groups in total. The predicted octanol–water partition coefficient (Wildman–Crippen LogP) is 6.75. The molecule has 1 heterocycles. The molecule has 0 spiro atoms. The molecule has 2 fully saturated rings. The third-order valence-electron chi connectivity index (χ3n) is 8.73. The van der Waals surface area contributed by atoms with Gasteiger partial charge in [0.1, 0.15) is 0 Å². The number of fused-ring (bicyclic) bond motifs is 1. The number of rotatable bonds is 2. The highest BCUT2D eigenvalue weighted by atomic mass is 28.3. The van der Waals surface area contributed by atoms with E-state index in [4.69, 9.17) is 5.73 Å². The van der Waals surface area contributed by atoms with Crippen molar-refractivity contribution in [1.82, 2.24) is 0 Å². The quantitative estimate of drug-likeness (QED) is 0.523. The molecule has 0 aromatic heterocycles. The van der Waals surface area contributed by atoms with Gasteiger partial charge in [-0.1, -0.05) is 77.0 Å². The van der Waals surface area contributed by atoms with Crippen molar-refractivity contribution in [2.45, 2.75) is 110 Å². The minimum Gasteiger partial charge on any atom is -0.369 e. The molecule has 0 radical (unpaired) electrons. The normalized spacial score (nSPS) is 37.5. The number of hydrogen-bond acceptors (Lipinski definition) is 1. The summed E-state index contributed by atoms with van der Waals surface area (Å²) < 4.78 is 0. The maximum atomic E-state index is 13.3. The van der Waals surface area contributed by atoms with Crippen LogP contribution < -0.4 is 5.73 Å². The monoisotopic (exact) mass is 387 g/mol. The lowest BCUT2D eigenvalue weighted by Gasteiger charge is -2.38. The summed E-state index contributed by atoms with van der Waals surface area (Å²) >= 11 is 0. The second kappa shape index (κ2) is 7.53. The van der Waals surface area contributed by atoms with Gasteiger partial charge in [-0.3, -0.25) is 4.79 Å². The Labute approximate surface area is 168 Å². The zero-order valence-corrected chi connectivity index (χ0v) is 19.6. The highest BCUT2D eigenvalue weighted by molar-refractivity contribution is 6.91. The average molecular weight is 388 g/mol. The molecule has 1 aliphatic heterocycles. The van der Waals surface area contributed by atoms with Crippen molar-refractivity contribution in [3.05, 3.63) is 22.3 Å². The van der Waals surface area contributed by atoms with Gasteiger partial charge in [0.05, 0.1) is 13.5 Å². The highest BCUT2D eigenvalue weighted by Gasteiger charge is 2.70. The molecule has 1 saturated heterocycles. The van der Waals surface area contributed by atoms with Crippen LogP contribution in [-0.4, -0.2) is 14.0 Å². The van der Waals surface area contributed by atoms with E-state index in [1.54, 1.807) is 0 Å². The first-order chi connectivity index (χ1) is 12.7. The van der Waals surface area contributed by atoms with Crippen LogP contribution in [0.25, 0.3) is 0 Å². The third-order valence-corrected chi connectivity index (χ3v) is 13.4. The summed E-state index contributed by atoms with van der Waals surface area (Å²) in [5.41, 5.74) is 12.9. The molecule has 4 atom stereocenters. The fourth-order valence-corrected chi connectivity index (χ4v) is 12.5. The average Bonchev–Trinajstić information content (AvgIpc) is 3.09. The molecule has 2 nitrogen and oxygen atoms in total. The fourth-order valence-electron chi connectivity index (χ4n) is 6.86. The van der Waals surface area contributed by atoms with Crippen molar-refractivity contribution in [3.63, 3.8) is 0 Å². The van der Waals surface area contributed by atoms with Gasteiger partial charge in [0.2, 0.25) is 5.91 Å². The Morgan fingerprint density at radius 2 is 1.52 bits per heavy atom. The molecule has 0 aromatic carbocycles. The minimum atomic E-state index is -1.42. The van der Waals surface area contributed by atoms with E-state index in [9.17, 15) is 4.79 Å². The Kier molecular flexibility index (Phi) is 5.83. The molecule has 0 bridgehead atoms. The van der Waals surface area contributed by atoms with Crippen molar-refractivity contribution >= 4 is 14.0 Å². The van der Waals surface area contributed by atoms with Crippen molar-refractivity contribution in [3.8, 4) is 0 Å². The number of carbonyl (C=O) groups excluding carboxylic acids is 1. The zero-order chi connectivity index (χ0) is 20.0. The maximum Gasteiger partial charge on any atom is 0.227 e. The standard InChI is InChI=1S/C24H41NOSi/c1-16-17(2)19(4)21(18(16)3)24(23(25)26)15-13-11-9-7-8-10-12-14-20-22(24)27(20,5)6/h18,20,22H,7-15H2,1-6H3,(H2,25,26). The van der Waals surface area contributed by atoms with Gasteiger partial charge in [-0.25, -0.2) is 0 Å². The Balaban J connectivity index is 2.08. The highest BCUT2D eigenvalue weighted by Crippen LogP contribution is 2.74. The van der Waals surface area contributed by atoms with Gasteiger partial charge in [-0.05, 0) is 60.9 Å². The van der Waals surface area contributed by atoms with Gasteiger partial charge in [-0.2, -0.15) is 0 Å². The van der Waals surface area contributed by atoms with Gasteiger partial charge < -0.3 is 5.73 Å². The Hall–Kier alpha value is -0.833. The lowest BCUT2D eigenvalue weighted by Crippen LogP contribution is -2.43. The van der Waals surface area contributed by atoms with Crippen LogP contribution in [-0.2, 0) is 4.79 Å². The second-order valence-electron chi connectivity index (χ2n) is 10.3. The molecule has 3 rings (SSSR count). The summed E-state index contributed by atoms with van der Waals surface area (Å²) in [7, 11) is -1.42. The van der Waals surface area contributed by atoms with E-state index in [0.717, 1.165) is 18.4 Å². The van der Waals surface area contributed by atoms with E-state index < -0.39 is 8.07 Å². The number of allylic oxidation sites excluding steroid dienone is 3. The molecule has 3 heteroatoms. The summed E-state index contributed by atoms with van der Waals surface area (Å²) in [6.07, 6.45) is 11.5. The van der Waals surface area contributed by atoms with Crippen LogP contribution >= 0.6 is 0 Å². The van der Waals surface area contributed by atoms with Gasteiger partial charge >= 0.3 is 0 Å². The van der Waals surface area contributed by atoms with Crippen molar-refractivity contribution < 1.29 is 4.79 Å². The van der Waals surface area contributed by atoms with Crippen LogP contribution in [0.2, 0.25) is 24.2 Å². The molecule has 2 aliphatic carbocycles. The van der Waals surface area contributed by atoms with Gasteiger partial charge in [-0.15, -0.1) is 0 Å². The first kappa shape index (κ1) is 20.9. The summed E-state index contributed by atoms with van der Waals surface area (Å²) in [5.74, 6) is 0.354. The van der Waals surface area contributed by atoms with E-state index in [-0.39, 0.29) is 11.3 Å². The van der Waals surface area contributed by atoms with E-state index in [0.29, 0.717) is 11.5 Å². The maximum absolute atomic E-state index is 13.3. The molecular formula is C24H41NOSi. The first-order valence-electron chi connectivity index (χ1n) is 11.4. The predicted molar refractivity (Wildman–Crippen MR) is 118 cm³/mol. The number of carbonyl (C=O) groups is 1. The van der Waals surface area contributed by atoms with Crippen LogP contribution in [0.3, 0.4) is 0 Å². The fraction of sp³-hybridized carbons (Fsp3) is 0.792. The number of amides is 1. The van der Waals surface area contributed by atoms with Gasteiger partial charge in [0.25, 0.3) is 0 Å². The Morgan fingerprint density at radius 3 is 2.04 bits per heavy atom. The zero-order valence-electron chi connectivity index (χ0n) is 18.6. The Morgan fingerprint density at radius 1 is 0.963 bits per heavy atom. The molecule has 152 valence electrons. The lowest BCUT2D eigenvalue weighted by atomic mass is 9.66. The van der Waals surface area contributed by atoms with Gasteiger partial charge in [0, 0.05) is 0 Å². The summed E-state index contributed by atoms with van der Waals surface area (Å²) in [5, 5.41) is 0. The van der Waals surface area contributed by atoms with E-state index in [1.165, 1.54) is 67.2 Å². The molecule has 4 unspecified atom stereocenters. The molecule has 27 heavy (non-hydrogen) atoms. The number of hydrogen-bond donors (Lipinski definition) is 1. The molecule has 3 aliphatic rings. The van der Waals surface area contributed by atoms with Gasteiger partial charge in [0.15, 0.2) is 0 Å². The molecular weight excluding hydrogens is 346 g/mol. The van der Waals surface area contributed by atoms with Crippen LogP contribution in [0, 0.1) is 11.3 Å². The van der Waals surface area contributed by atoms with Crippen molar-refractivity contribution in [2.24, 2.45) is 17.1 Å². The first-order valence-corrected chi connectivity index (χ1v) is 14.5. The van der Waals surface area contributed by atoms with Crippen LogP contribution in [0.1, 0.15) is 85.5 Å². The third kappa shape index (κ3) is 3.28. The smallest absolute Gasteiger partial charge is 0.227 e. The number of primary amides is 1. The molecule has 1 amide bonds. The van der Waals surface area contributed by atoms with Crippen LogP contribution in [0.5, 0.6) is 0 Å². The van der Waals surface area contributed by atoms with Crippen LogP contribution in [0.15, 0.2) is 22.3 Å². The van der Waals surface area contributed by atoms with E-state index in [2.05, 4.69) is 40.8 Å². The second-order valence-corrected chi connectivity index (χ2v) is 15.3. The van der Waals surface area contributed by atoms with Crippen molar-refractivity contribution in [2.75, 3.05) is 0 Å². The van der Waals surface area contributed by atoms with E-state index in [1.807, 2.05) is 0 Å². The summed E-state index contributed by atoms with van der Waals surface area (Å²) in [4.78, 5) is 13.3. The topological polar surface area (TPSA) is 43.1 Å². The largest absolute Gasteiger partial charge is 0.369 e. The SMILES string of the molecule is CC1=C(C)C(C)C(C2(C(N)=O)CCCCCCCCCC3C2[Si]3(C)C)=C1C. The minimum absolute atomic E-state index is 0.0173. The van der Waals surface area contributed by atoms with Crippen molar-refractivity contribution in [1.29, 1.82) is 0 Å². The summed E-state index contributed by atoms with van der Waals surface area (Å²) in [6, 6.07) is 0. The number of nitrogens with two attached hydrogens (primary N) is 1. The summed E-state index contributed by atoms with van der Waals surface area (Å²) in [6.45, 7) is 14.1. The molecule has 1 saturated carbocycles. The Bertz CT molecular complexity index is 674. The lowest BCUT2D eigenvalue weighted by molar-refractivity contribution is -0.126. The van der Waals surface area contributed by atoms with Crippen LogP contribution in [0.4, 0.5) is 0 Å².